The lowest BCUT2D eigenvalue weighted by molar-refractivity contribution is 0.0526. The number of esters is 1. The molecular weight excluding hydrogens is 194 g/mol. The van der Waals surface area contributed by atoms with Gasteiger partial charge < -0.3 is 15.2 Å². The lowest BCUT2D eigenvalue weighted by Gasteiger charge is -2.06. The molecule has 4 heteroatoms. The molecule has 0 bridgehead atoms. The zero-order valence-corrected chi connectivity index (χ0v) is 8.58. The van der Waals surface area contributed by atoms with Crippen LogP contribution in [-0.2, 0) is 11.2 Å². The molecule has 4 nitrogen and oxygen atoms in total. The lowest BCUT2D eigenvalue weighted by Crippen LogP contribution is -2.06. The second-order valence-electron chi connectivity index (χ2n) is 3.37. The van der Waals surface area contributed by atoms with Gasteiger partial charge in [0.2, 0.25) is 0 Å². The minimum absolute atomic E-state index is 0.334. The van der Waals surface area contributed by atoms with E-state index in [2.05, 4.69) is 0 Å². The van der Waals surface area contributed by atoms with Gasteiger partial charge in [0.1, 0.15) is 5.75 Å². The molecule has 0 aliphatic carbocycles. The first-order valence-electron chi connectivity index (χ1n) is 4.94. The summed E-state index contributed by atoms with van der Waals surface area (Å²) in [6.07, 6.45) is 0.798. The fourth-order valence-corrected chi connectivity index (χ4v) is 1.67. The third-order valence-corrected chi connectivity index (χ3v) is 2.32. The first kappa shape index (κ1) is 9.83. The number of fused-ring (bicyclic) bond motifs is 1. The zero-order valence-electron chi connectivity index (χ0n) is 8.58. The van der Waals surface area contributed by atoms with Gasteiger partial charge in [0, 0.05) is 12.0 Å². The fourth-order valence-electron chi connectivity index (χ4n) is 1.67. The topological polar surface area (TPSA) is 61.5 Å². The maximum absolute atomic E-state index is 11.5. The van der Waals surface area contributed by atoms with Crippen molar-refractivity contribution >= 4 is 11.7 Å². The Morgan fingerprint density at radius 2 is 2.40 bits per heavy atom. The highest BCUT2D eigenvalue weighted by molar-refractivity contribution is 5.91. The van der Waals surface area contributed by atoms with Gasteiger partial charge in [-0.25, -0.2) is 4.79 Å². The molecule has 0 saturated carbocycles. The van der Waals surface area contributed by atoms with Crippen molar-refractivity contribution in [1.82, 2.24) is 0 Å². The molecule has 80 valence electrons. The van der Waals surface area contributed by atoms with Gasteiger partial charge in [-0.3, -0.25) is 0 Å². The molecule has 1 aromatic rings. The van der Waals surface area contributed by atoms with Crippen molar-refractivity contribution in [1.29, 1.82) is 0 Å². The standard InChI is InChI=1S/C11H13NO3/c1-2-14-11(13)8-5-7-3-4-15-10(7)9(12)6-8/h5-6H,2-4,12H2,1H3. The summed E-state index contributed by atoms with van der Waals surface area (Å²) in [5.74, 6) is 0.377. The number of carbonyl (C=O) groups excluding carboxylic acids is 1. The molecule has 1 aromatic carbocycles. The molecule has 2 rings (SSSR count). The van der Waals surface area contributed by atoms with Crippen molar-refractivity contribution in [3.8, 4) is 5.75 Å². The minimum Gasteiger partial charge on any atom is -0.491 e. The maximum atomic E-state index is 11.5. The maximum Gasteiger partial charge on any atom is 0.338 e. The van der Waals surface area contributed by atoms with Crippen molar-refractivity contribution in [2.24, 2.45) is 0 Å². The number of hydrogen-bond donors (Lipinski definition) is 1. The quantitative estimate of drug-likeness (QED) is 0.588. The number of nitrogens with two attached hydrogens (primary N) is 1. The molecule has 15 heavy (non-hydrogen) atoms. The number of rotatable bonds is 2. The SMILES string of the molecule is CCOC(=O)c1cc(N)c2c(c1)CCO2. The molecule has 0 saturated heterocycles. The summed E-state index contributed by atoms with van der Waals surface area (Å²) in [5.41, 5.74) is 7.76. The average molecular weight is 207 g/mol. The van der Waals surface area contributed by atoms with Crippen LogP contribution in [0.2, 0.25) is 0 Å². The van der Waals surface area contributed by atoms with Gasteiger partial charge in [-0.05, 0) is 19.1 Å². The third kappa shape index (κ3) is 1.75. The molecule has 0 spiro atoms. The van der Waals surface area contributed by atoms with Gasteiger partial charge in [-0.15, -0.1) is 0 Å². The van der Waals surface area contributed by atoms with Gasteiger partial charge >= 0.3 is 5.97 Å². The molecule has 0 atom stereocenters. The Labute approximate surface area is 88.0 Å². The third-order valence-electron chi connectivity index (χ3n) is 2.32. The van der Waals surface area contributed by atoms with Crippen molar-refractivity contribution in [2.45, 2.75) is 13.3 Å². The highest BCUT2D eigenvalue weighted by atomic mass is 16.5. The van der Waals surface area contributed by atoms with E-state index in [0.717, 1.165) is 12.0 Å². The van der Waals surface area contributed by atoms with Crippen LogP contribution in [0.15, 0.2) is 12.1 Å². The van der Waals surface area contributed by atoms with E-state index in [0.29, 0.717) is 30.2 Å². The van der Waals surface area contributed by atoms with Crippen molar-refractivity contribution in [3.05, 3.63) is 23.3 Å². The highest BCUT2D eigenvalue weighted by Crippen LogP contribution is 2.33. The molecule has 0 radical (unpaired) electrons. The molecule has 1 aliphatic rings. The molecular formula is C11H13NO3. The Kier molecular flexibility index (Phi) is 2.49. The smallest absolute Gasteiger partial charge is 0.338 e. The zero-order chi connectivity index (χ0) is 10.8. The molecule has 1 aliphatic heterocycles. The summed E-state index contributed by atoms with van der Waals surface area (Å²) in [5, 5.41) is 0. The van der Waals surface area contributed by atoms with Crippen LogP contribution in [-0.4, -0.2) is 19.2 Å². The van der Waals surface area contributed by atoms with E-state index in [1.165, 1.54) is 0 Å². The molecule has 0 amide bonds. The Bertz CT molecular complexity index is 401. The first-order chi connectivity index (χ1) is 7.22. The first-order valence-corrected chi connectivity index (χ1v) is 4.94. The van der Waals surface area contributed by atoms with E-state index in [4.69, 9.17) is 15.2 Å². The highest BCUT2D eigenvalue weighted by Gasteiger charge is 2.19. The number of anilines is 1. The largest absolute Gasteiger partial charge is 0.491 e. The number of hydrogen-bond acceptors (Lipinski definition) is 4. The minimum atomic E-state index is -0.334. The van der Waals surface area contributed by atoms with Gasteiger partial charge in [-0.1, -0.05) is 0 Å². The fraction of sp³-hybridized carbons (Fsp3) is 0.364. The Morgan fingerprint density at radius 3 is 3.13 bits per heavy atom. The van der Waals surface area contributed by atoms with E-state index in [1.807, 2.05) is 0 Å². The summed E-state index contributed by atoms with van der Waals surface area (Å²) >= 11 is 0. The summed E-state index contributed by atoms with van der Waals surface area (Å²) in [4.78, 5) is 11.5. The van der Waals surface area contributed by atoms with Crippen molar-refractivity contribution in [2.75, 3.05) is 18.9 Å². The number of nitrogen functional groups attached to an aromatic ring is 1. The number of carbonyl (C=O) groups is 1. The second kappa shape index (κ2) is 3.81. The van der Waals surface area contributed by atoms with Crippen LogP contribution in [0, 0.1) is 0 Å². The van der Waals surface area contributed by atoms with Crippen LogP contribution in [0.5, 0.6) is 5.75 Å². The second-order valence-corrected chi connectivity index (χ2v) is 3.37. The predicted molar refractivity (Wildman–Crippen MR) is 56.0 cm³/mol. The van der Waals surface area contributed by atoms with E-state index < -0.39 is 0 Å². The van der Waals surface area contributed by atoms with Gasteiger partial charge in [-0.2, -0.15) is 0 Å². The van der Waals surface area contributed by atoms with Crippen molar-refractivity contribution in [3.63, 3.8) is 0 Å². The Morgan fingerprint density at radius 1 is 1.60 bits per heavy atom. The number of benzene rings is 1. The molecule has 0 fully saturated rings. The van der Waals surface area contributed by atoms with E-state index in [-0.39, 0.29) is 5.97 Å². The van der Waals surface area contributed by atoms with E-state index in [9.17, 15) is 4.79 Å². The van der Waals surface area contributed by atoms with Crippen LogP contribution in [0.3, 0.4) is 0 Å². The monoisotopic (exact) mass is 207 g/mol. The molecule has 2 N–H and O–H groups in total. The lowest BCUT2D eigenvalue weighted by atomic mass is 10.1. The predicted octanol–water partition coefficient (Wildman–Crippen LogP) is 1.38. The normalized spacial score (nSPS) is 13.1. The number of ether oxygens (including phenoxy) is 2. The molecule has 1 heterocycles. The Balaban J connectivity index is 2.35. The van der Waals surface area contributed by atoms with Crippen LogP contribution < -0.4 is 10.5 Å². The summed E-state index contributed by atoms with van der Waals surface area (Å²) in [6, 6.07) is 3.39. The Hall–Kier alpha value is -1.71. The van der Waals surface area contributed by atoms with Gasteiger partial charge in [0.25, 0.3) is 0 Å². The van der Waals surface area contributed by atoms with Crippen LogP contribution in [0.25, 0.3) is 0 Å². The average Bonchev–Trinajstić information content (AvgIpc) is 2.66. The molecule has 0 aromatic heterocycles. The summed E-state index contributed by atoms with van der Waals surface area (Å²) in [7, 11) is 0. The van der Waals surface area contributed by atoms with E-state index >= 15 is 0 Å². The summed E-state index contributed by atoms with van der Waals surface area (Å²) in [6.45, 7) is 2.77. The summed E-state index contributed by atoms with van der Waals surface area (Å²) < 4.78 is 10.3. The van der Waals surface area contributed by atoms with Crippen LogP contribution in [0.4, 0.5) is 5.69 Å². The van der Waals surface area contributed by atoms with Gasteiger partial charge in [0.15, 0.2) is 0 Å². The van der Waals surface area contributed by atoms with Crippen LogP contribution in [0.1, 0.15) is 22.8 Å². The van der Waals surface area contributed by atoms with Crippen LogP contribution >= 0.6 is 0 Å². The van der Waals surface area contributed by atoms with E-state index in [1.54, 1.807) is 19.1 Å². The molecule has 0 unspecified atom stereocenters. The van der Waals surface area contributed by atoms with Crippen molar-refractivity contribution < 1.29 is 14.3 Å². The van der Waals surface area contributed by atoms with Gasteiger partial charge in [0.05, 0.1) is 24.5 Å².